The van der Waals surface area contributed by atoms with Crippen LogP contribution in [0.2, 0.25) is 0 Å². The van der Waals surface area contributed by atoms with Crippen LogP contribution < -0.4 is 10.6 Å². The average molecular weight is 352 g/mol. The van der Waals surface area contributed by atoms with Crippen molar-refractivity contribution in [3.63, 3.8) is 0 Å². The van der Waals surface area contributed by atoms with E-state index in [9.17, 15) is 5.26 Å². The molecule has 0 unspecified atom stereocenters. The third kappa shape index (κ3) is 4.29. The van der Waals surface area contributed by atoms with E-state index < -0.39 is 0 Å². The number of nitrogens with one attached hydrogen (secondary N) is 2. The summed E-state index contributed by atoms with van der Waals surface area (Å²) in [6.07, 6.45) is 2.68. The highest BCUT2D eigenvalue weighted by molar-refractivity contribution is 8.04. The Labute approximate surface area is 152 Å². The summed E-state index contributed by atoms with van der Waals surface area (Å²) in [7, 11) is 4.10. The molecule has 7 heteroatoms. The van der Waals surface area contributed by atoms with E-state index in [-0.39, 0.29) is 0 Å². The smallest absolute Gasteiger partial charge is 0.223 e. The molecule has 0 fully saturated rings. The molecule has 1 aromatic heterocycles. The molecule has 0 atom stereocenters. The SMILES string of the molecule is CN(C)CCCNc1nccc(/C(C#N)=C2\Nc3ccccc3S2)n1. The summed E-state index contributed by atoms with van der Waals surface area (Å²) in [6, 6.07) is 12.0. The quantitative estimate of drug-likeness (QED) is 0.610. The van der Waals surface area contributed by atoms with Crippen molar-refractivity contribution in [2.45, 2.75) is 11.3 Å². The van der Waals surface area contributed by atoms with Gasteiger partial charge >= 0.3 is 0 Å². The Morgan fingerprint density at radius 2 is 2.16 bits per heavy atom. The zero-order valence-corrected chi connectivity index (χ0v) is 15.1. The standard InChI is InChI=1S/C18H20N6S/c1-24(2)11-5-9-20-18-21-10-8-14(23-18)13(12-19)17-22-15-6-3-4-7-16(15)25-17/h3-4,6-8,10,22H,5,9,11H2,1-2H3,(H,20,21,23)/b17-13+. The lowest BCUT2D eigenvalue weighted by atomic mass is 10.2. The lowest BCUT2D eigenvalue weighted by Crippen LogP contribution is -2.17. The highest BCUT2D eigenvalue weighted by Crippen LogP contribution is 2.43. The van der Waals surface area contributed by atoms with E-state index in [0.29, 0.717) is 17.2 Å². The number of hydrogen-bond acceptors (Lipinski definition) is 7. The van der Waals surface area contributed by atoms with Gasteiger partial charge in [-0.25, -0.2) is 9.97 Å². The van der Waals surface area contributed by atoms with Crippen molar-refractivity contribution in [2.24, 2.45) is 0 Å². The molecule has 0 saturated heterocycles. The molecule has 6 nitrogen and oxygen atoms in total. The molecule has 0 bridgehead atoms. The van der Waals surface area contributed by atoms with Crippen molar-refractivity contribution in [2.75, 3.05) is 37.8 Å². The second kappa shape index (κ2) is 8.01. The molecule has 0 spiro atoms. The number of aromatic nitrogens is 2. The molecule has 1 aliphatic rings. The Morgan fingerprint density at radius 1 is 1.32 bits per heavy atom. The number of hydrogen-bond donors (Lipinski definition) is 2. The molecule has 25 heavy (non-hydrogen) atoms. The van der Waals surface area contributed by atoms with E-state index in [1.54, 1.807) is 24.0 Å². The molecule has 2 N–H and O–H groups in total. The summed E-state index contributed by atoms with van der Waals surface area (Å²) in [5.41, 5.74) is 2.17. The van der Waals surface area contributed by atoms with Crippen LogP contribution in [0.25, 0.3) is 5.57 Å². The lowest BCUT2D eigenvalue weighted by molar-refractivity contribution is 0.405. The number of benzene rings is 1. The number of rotatable bonds is 6. The van der Waals surface area contributed by atoms with Crippen LogP contribution in [0.15, 0.2) is 46.5 Å². The van der Waals surface area contributed by atoms with Gasteiger partial charge in [0.05, 0.1) is 16.4 Å². The molecule has 3 rings (SSSR count). The molecule has 2 aromatic rings. The first-order chi connectivity index (χ1) is 12.2. The topological polar surface area (TPSA) is 76.9 Å². The summed E-state index contributed by atoms with van der Waals surface area (Å²) in [4.78, 5) is 12.0. The molecule has 0 amide bonds. The van der Waals surface area contributed by atoms with Gasteiger partial charge in [0.1, 0.15) is 11.6 Å². The molecule has 2 heterocycles. The molecular formula is C18H20N6S. The zero-order valence-electron chi connectivity index (χ0n) is 14.3. The maximum absolute atomic E-state index is 9.64. The van der Waals surface area contributed by atoms with Gasteiger partial charge in [-0.05, 0) is 45.3 Å². The third-order valence-corrected chi connectivity index (χ3v) is 4.75. The largest absolute Gasteiger partial charge is 0.354 e. The second-order valence-corrected chi connectivity index (χ2v) is 6.94. The van der Waals surface area contributed by atoms with Gasteiger partial charge in [-0.1, -0.05) is 23.9 Å². The van der Waals surface area contributed by atoms with E-state index in [0.717, 1.165) is 35.1 Å². The number of fused-ring (bicyclic) bond motifs is 1. The normalized spacial score (nSPS) is 14.6. The average Bonchev–Trinajstić information content (AvgIpc) is 3.03. The third-order valence-electron chi connectivity index (χ3n) is 3.66. The summed E-state index contributed by atoms with van der Waals surface area (Å²) in [5.74, 6) is 0.546. The summed E-state index contributed by atoms with van der Waals surface area (Å²) < 4.78 is 0. The maximum Gasteiger partial charge on any atom is 0.223 e. The van der Waals surface area contributed by atoms with Crippen molar-refractivity contribution in [3.05, 3.63) is 47.3 Å². The Hall–Kier alpha value is -2.56. The van der Waals surface area contributed by atoms with Crippen LogP contribution in [0, 0.1) is 11.3 Å². The fourth-order valence-corrected chi connectivity index (χ4v) is 3.44. The minimum absolute atomic E-state index is 0.528. The highest BCUT2D eigenvalue weighted by Gasteiger charge is 2.20. The van der Waals surface area contributed by atoms with Gasteiger partial charge in [0.25, 0.3) is 0 Å². The van der Waals surface area contributed by atoms with Crippen LogP contribution in [-0.2, 0) is 0 Å². The molecule has 128 valence electrons. The number of thioether (sulfide) groups is 1. The van der Waals surface area contributed by atoms with Crippen LogP contribution in [0.1, 0.15) is 12.1 Å². The Balaban J connectivity index is 1.75. The van der Waals surface area contributed by atoms with E-state index in [1.165, 1.54) is 0 Å². The van der Waals surface area contributed by atoms with Gasteiger partial charge in [-0.3, -0.25) is 0 Å². The first kappa shape index (κ1) is 17.3. The predicted molar refractivity (Wildman–Crippen MR) is 102 cm³/mol. The van der Waals surface area contributed by atoms with Gasteiger partial charge in [0.2, 0.25) is 5.95 Å². The second-order valence-electron chi connectivity index (χ2n) is 5.89. The number of allylic oxidation sites excluding steroid dienone is 1. The monoisotopic (exact) mass is 352 g/mol. The van der Waals surface area contributed by atoms with Crippen LogP contribution in [0.4, 0.5) is 11.6 Å². The fourth-order valence-electron chi connectivity index (χ4n) is 2.43. The molecular weight excluding hydrogens is 332 g/mol. The van der Waals surface area contributed by atoms with Crippen LogP contribution in [-0.4, -0.2) is 42.1 Å². The maximum atomic E-state index is 9.64. The lowest BCUT2D eigenvalue weighted by Gasteiger charge is -2.10. The van der Waals surface area contributed by atoms with Crippen molar-refractivity contribution in [1.82, 2.24) is 14.9 Å². The van der Waals surface area contributed by atoms with Crippen molar-refractivity contribution < 1.29 is 0 Å². The van der Waals surface area contributed by atoms with Gasteiger partial charge < -0.3 is 15.5 Å². The van der Waals surface area contributed by atoms with Gasteiger partial charge in [0, 0.05) is 17.6 Å². The number of para-hydroxylation sites is 1. The van der Waals surface area contributed by atoms with Gasteiger partial charge in [-0.2, -0.15) is 5.26 Å². The first-order valence-corrected chi connectivity index (χ1v) is 8.89. The number of nitrogens with zero attached hydrogens (tertiary/aromatic N) is 4. The minimum Gasteiger partial charge on any atom is -0.354 e. The first-order valence-electron chi connectivity index (χ1n) is 8.07. The van der Waals surface area contributed by atoms with E-state index in [1.807, 2.05) is 38.4 Å². The molecule has 1 aromatic carbocycles. The van der Waals surface area contributed by atoms with E-state index in [4.69, 9.17) is 0 Å². The Bertz CT molecular complexity index is 797. The molecule has 0 saturated carbocycles. The van der Waals surface area contributed by atoms with Crippen molar-refractivity contribution >= 4 is 29.0 Å². The Kier molecular flexibility index (Phi) is 5.53. The molecule has 0 radical (unpaired) electrons. The summed E-state index contributed by atoms with van der Waals surface area (Å²) >= 11 is 1.55. The highest BCUT2D eigenvalue weighted by atomic mass is 32.2. The molecule has 0 aliphatic carbocycles. The van der Waals surface area contributed by atoms with Gasteiger partial charge in [0.15, 0.2) is 0 Å². The van der Waals surface area contributed by atoms with Crippen LogP contribution >= 0.6 is 11.8 Å². The zero-order chi connectivity index (χ0) is 17.6. The van der Waals surface area contributed by atoms with E-state index in [2.05, 4.69) is 31.6 Å². The number of nitriles is 1. The van der Waals surface area contributed by atoms with Crippen molar-refractivity contribution in [1.29, 1.82) is 5.26 Å². The number of anilines is 2. The van der Waals surface area contributed by atoms with Crippen molar-refractivity contribution in [3.8, 4) is 6.07 Å². The predicted octanol–water partition coefficient (Wildman–Crippen LogP) is 3.25. The minimum atomic E-state index is 0.528. The summed E-state index contributed by atoms with van der Waals surface area (Å²) in [5, 5.41) is 17.0. The molecule has 1 aliphatic heterocycles. The van der Waals surface area contributed by atoms with Crippen LogP contribution in [0.5, 0.6) is 0 Å². The van der Waals surface area contributed by atoms with Crippen LogP contribution in [0.3, 0.4) is 0 Å². The van der Waals surface area contributed by atoms with E-state index >= 15 is 0 Å². The fraction of sp³-hybridized carbons (Fsp3) is 0.278. The Morgan fingerprint density at radius 3 is 2.92 bits per heavy atom. The van der Waals surface area contributed by atoms with Gasteiger partial charge in [-0.15, -0.1) is 0 Å². The summed E-state index contributed by atoms with van der Waals surface area (Å²) in [6.45, 7) is 1.79.